The minimum absolute atomic E-state index is 0.0475. The number of carbonyl (C=O) groups is 1. The number of amidine groups is 1. The Hall–Kier alpha value is -2.58. The van der Waals surface area contributed by atoms with Crippen LogP contribution >= 0.6 is 34.4 Å². The third kappa shape index (κ3) is 4.94. The summed E-state index contributed by atoms with van der Waals surface area (Å²) in [5.74, 6) is 0.188. The molecule has 1 aliphatic heterocycles. The van der Waals surface area contributed by atoms with Gasteiger partial charge in [0.05, 0.1) is 14.2 Å². The maximum absolute atomic E-state index is 13.2. The minimum Gasteiger partial charge on any atom is -0.507 e. The molecule has 0 radical (unpaired) electrons. The van der Waals surface area contributed by atoms with E-state index in [0.717, 1.165) is 21.2 Å². The molecule has 4 nitrogen and oxygen atoms in total. The number of nitrogens with zero attached hydrogens (tertiary/aromatic N) is 2. The van der Waals surface area contributed by atoms with Crippen LogP contribution in [0.15, 0.2) is 88.8 Å². The zero-order chi connectivity index (χ0) is 20.9. The van der Waals surface area contributed by atoms with Crippen LogP contribution in [0.5, 0.6) is 5.75 Å². The fourth-order valence-corrected chi connectivity index (χ4v) is 4.62. The van der Waals surface area contributed by atoms with Crippen LogP contribution in [-0.2, 0) is 11.2 Å². The number of halogens is 1. The first-order chi connectivity index (χ1) is 14.6. The van der Waals surface area contributed by atoms with Gasteiger partial charge >= 0.3 is 0 Å². The largest absolute Gasteiger partial charge is 0.507 e. The summed E-state index contributed by atoms with van der Waals surface area (Å²) in [5, 5.41) is 10.4. The standard InChI is InChI=1S/C24H19IN2O2S/c25-20-15-18(11-12-21(20)28)16-22-23(29)27(14-13-17-7-3-1-4-8-17)24(30-22)26-19-9-5-2-6-10-19/h1-12,15-16,28H,13-14H2/b22-16-,26-24?. The van der Waals surface area contributed by atoms with Crippen molar-refractivity contribution in [3.05, 3.63) is 98.5 Å². The number of rotatable bonds is 5. The van der Waals surface area contributed by atoms with Gasteiger partial charge in [-0.05, 0) is 82.2 Å². The number of carbonyl (C=O) groups excluding carboxylic acids is 1. The number of phenols is 1. The molecule has 0 unspecified atom stereocenters. The minimum atomic E-state index is -0.0475. The van der Waals surface area contributed by atoms with Crippen LogP contribution in [-0.4, -0.2) is 27.6 Å². The normalized spacial score (nSPS) is 16.6. The Morgan fingerprint density at radius 3 is 2.40 bits per heavy atom. The van der Waals surface area contributed by atoms with E-state index in [2.05, 4.69) is 34.7 Å². The average molecular weight is 526 g/mol. The van der Waals surface area contributed by atoms with Crippen molar-refractivity contribution in [1.82, 2.24) is 4.90 Å². The lowest BCUT2D eigenvalue weighted by Gasteiger charge is -2.15. The van der Waals surface area contributed by atoms with E-state index in [-0.39, 0.29) is 11.7 Å². The molecule has 30 heavy (non-hydrogen) atoms. The number of phenolic OH excluding ortho intramolecular Hbond substituents is 1. The molecule has 1 fully saturated rings. The van der Waals surface area contributed by atoms with Crippen LogP contribution in [0.4, 0.5) is 5.69 Å². The first kappa shape index (κ1) is 20.7. The molecule has 3 aromatic carbocycles. The Labute approximate surface area is 193 Å². The van der Waals surface area contributed by atoms with Gasteiger partial charge in [-0.2, -0.15) is 0 Å². The van der Waals surface area contributed by atoms with E-state index in [1.807, 2.05) is 60.7 Å². The van der Waals surface area contributed by atoms with E-state index in [1.54, 1.807) is 17.0 Å². The van der Waals surface area contributed by atoms with Crippen LogP contribution < -0.4 is 0 Å². The number of hydrogen-bond donors (Lipinski definition) is 1. The van der Waals surface area contributed by atoms with Crippen molar-refractivity contribution in [2.24, 2.45) is 4.99 Å². The molecule has 0 bridgehead atoms. The maximum atomic E-state index is 13.2. The average Bonchev–Trinajstić information content (AvgIpc) is 3.05. The first-order valence-corrected chi connectivity index (χ1v) is 11.4. The van der Waals surface area contributed by atoms with Gasteiger partial charge in [0.25, 0.3) is 5.91 Å². The summed E-state index contributed by atoms with van der Waals surface area (Å²) in [4.78, 5) is 20.3. The van der Waals surface area contributed by atoms with Crippen LogP contribution in [0.3, 0.4) is 0 Å². The summed E-state index contributed by atoms with van der Waals surface area (Å²) in [6, 6.07) is 25.1. The first-order valence-electron chi connectivity index (χ1n) is 9.48. The topological polar surface area (TPSA) is 52.9 Å². The highest BCUT2D eigenvalue weighted by atomic mass is 127. The molecule has 0 aromatic heterocycles. The van der Waals surface area contributed by atoms with Crippen molar-refractivity contribution in [1.29, 1.82) is 0 Å². The second-order valence-electron chi connectivity index (χ2n) is 6.74. The van der Waals surface area contributed by atoms with Crippen LogP contribution in [0, 0.1) is 3.57 Å². The van der Waals surface area contributed by atoms with Gasteiger partial charge in [-0.15, -0.1) is 0 Å². The molecule has 1 heterocycles. The Kier molecular flexibility index (Phi) is 6.54. The Morgan fingerprint density at radius 1 is 1.00 bits per heavy atom. The predicted molar refractivity (Wildman–Crippen MR) is 132 cm³/mol. The molecule has 1 amide bonds. The molecule has 150 valence electrons. The number of benzene rings is 3. The second kappa shape index (κ2) is 9.49. The van der Waals surface area contributed by atoms with Crippen LogP contribution in [0.25, 0.3) is 6.08 Å². The maximum Gasteiger partial charge on any atom is 0.266 e. The summed E-state index contributed by atoms with van der Waals surface area (Å²) in [5.41, 5.74) is 2.87. The van der Waals surface area contributed by atoms with E-state index in [0.29, 0.717) is 16.6 Å². The van der Waals surface area contributed by atoms with Crippen molar-refractivity contribution in [3.63, 3.8) is 0 Å². The molecular weight excluding hydrogens is 507 g/mol. The number of aliphatic imine (C=N–C) groups is 1. The molecule has 6 heteroatoms. The highest BCUT2D eigenvalue weighted by molar-refractivity contribution is 14.1. The van der Waals surface area contributed by atoms with Gasteiger partial charge < -0.3 is 5.11 Å². The summed E-state index contributed by atoms with van der Waals surface area (Å²) in [6.07, 6.45) is 2.61. The van der Waals surface area contributed by atoms with Gasteiger partial charge in [0, 0.05) is 6.54 Å². The second-order valence-corrected chi connectivity index (χ2v) is 8.92. The highest BCUT2D eigenvalue weighted by Gasteiger charge is 2.33. The lowest BCUT2D eigenvalue weighted by molar-refractivity contribution is -0.122. The van der Waals surface area contributed by atoms with Gasteiger partial charge in [0.2, 0.25) is 0 Å². The van der Waals surface area contributed by atoms with Crippen molar-refractivity contribution < 1.29 is 9.90 Å². The highest BCUT2D eigenvalue weighted by Crippen LogP contribution is 2.35. The fourth-order valence-electron chi connectivity index (χ4n) is 3.05. The van der Waals surface area contributed by atoms with Gasteiger partial charge in [0.1, 0.15) is 5.75 Å². The lowest BCUT2D eigenvalue weighted by atomic mass is 10.1. The van der Waals surface area contributed by atoms with Gasteiger partial charge in [-0.1, -0.05) is 54.6 Å². The Bertz CT molecular complexity index is 1110. The van der Waals surface area contributed by atoms with Crippen LogP contribution in [0.1, 0.15) is 11.1 Å². The van der Waals surface area contributed by atoms with Gasteiger partial charge in [-0.3, -0.25) is 9.69 Å². The van der Waals surface area contributed by atoms with Crippen molar-refractivity contribution >= 4 is 57.2 Å². The number of amides is 1. The number of thioether (sulfide) groups is 1. The third-order valence-corrected chi connectivity index (χ3v) is 6.48. The number of aromatic hydroxyl groups is 1. The zero-order valence-electron chi connectivity index (χ0n) is 16.0. The molecular formula is C24H19IN2O2S. The van der Waals surface area contributed by atoms with Gasteiger partial charge in [0.15, 0.2) is 5.17 Å². The summed E-state index contributed by atoms with van der Waals surface area (Å²) >= 11 is 3.46. The summed E-state index contributed by atoms with van der Waals surface area (Å²) in [6.45, 7) is 0.561. The van der Waals surface area contributed by atoms with E-state index < -0.39 is 0 Å². The molecule has 3 aromatic rings. The Morgan fingerprint density at radius 2 is 1.70 bits per heavy atom. The molecule has 0 saturated carbocycles. The lowest BCUT2D eigenvalue weighted by Crippen LogP contribution is -2.31. The predicted octanol–water partition coefficient (Wildman–Crippen LogP) is 5.84. The monoisotopic (exact) mass is 526 g/mol. The molecule has 1 N–H and O–H groups in total. The molecule has 0 spiro atoms. The molecule has 1 aliphatic rings. The van der Waals surface area contributed by atoms with E-state index in [9.17, 15) is 9.90 Å². The molecule has 4 rings (SSSR count). The van der Waals surface area contributed by atoms with Crippen LogP contribution in [0.2, 0.25) is 0 Å². The van der Waals surface area contributed by atoms with Crippen molar-refractivity contribution in [2.75, 3.05) is 6.54 Å². The fraction of sp³-hybridized carbons (Fsp3) is 0.0833. The van der Waals surface area contributed by atoms with E-state index in [4.69, 9.17) is 4.99 Å². The molecule has 1 saturated heterocycles. The number of para-hydroxylation sites is 1. The number of hydrogen-bond acceptors (Lipinski definition) is 4. The van der Waals surface area contributed by atoms with E-state index in [1.165, 1.54) is 17.3 Å². The van der Waals surface area contributed by atoms with Crippen molar-refractivity contribution in [3.8, 4) is 5.75 Å². The van der Waals surface area contributed by atoms with E-state index >= 15 is 0 Å². The van der Waals surface area contributed by atoms with Crippen molar-refractivity contribution in [2.45, 2.75) is 6.42 Å². The molecule has 0 atom stereocenters. The Balaban J connectivity index is 1.64. The summed E-state index contributed by atoms with van der Waals surface area (Å²) < 4.78 is 0.747. The van der Waals surface area contributed by atoms with Gasteiger partial charge in [-0.25, -0.2) is 4.99 Å². The smallest absolute Gasteiger partial charge is 0.266 e. The zero-order valence-corrected chi connectivity index (χ0v) is 19.0. The molecule has 0 aliphatic carbocycles. The third-order valence-electron chi connectivity index (χ3n) is 4.61. The summed E-state index contributed by atoms with van der Waals surface area (Å²) in [7, 11) is 0. The quantitative estimate of drug-likeness (QED) is 0.336. The SMILES string of the molecule is O=C1/C(=C/c2ccc(O)c(I)c2)SC(=Nc2ccccc2)N1CCc1ccccc1.